The molecule has 18 heavy (non-hydrogen) atoms. The Balaban J connectivity index is 2.84. The molecule has 0 aromatic carbocycles. The number of hydrogen-bond acceptors (Lipinski definition) is 6. The Morgan fingerprint density at radius 2 is 2.00 bits per heavy atom. The van der Waals surface area contributed by atoms with Crippen LogP contribution >= 0.6 is 0 Å². The van der Waals surface area contributed by atoms with E-state index >= 15 is 0 Å². The summed E-state index contributed by atoms with van der Waals surface area (Å²) in [5.41, 5.74) is 3.40. The van der Waals surface area contributed by atoms with Gasteiger partial charge in [0, 0.05) is 26.1 Å². The van der Waals surface area contributed by atoms with Gasteiger partial charge in [0.05, 0.1) is 12.2 Å². The van der Waals surface area contributed by atoms with Gasteiger partial charge in [-0.05, 0) is 6.92 Å². The molecule has 0 atom stereocenters. The number of methoxy groups -OCH3 is 1. The first kappa shape index (κ1) is 14.7. The Hall–Kier alpha value is -1.40. The smallest absolute Gasteiger partial charge is 0.221 e. The molecule has 1 rings (SSSR count). The summed E-state index contributed by atoms with van der Waals surface area (Å²) in [6.07, 6.45) is 0.822. The van der Waals surface area contributed by atoms with E-state index in [0.717, 1.165) is 17.8 Å². The lowest BCUT2D eigenvalue weighted by Crippen LogP contribution is -2.15. The van der Waals surface area contributed by atoms with Gasteiger partial charge < -0.3 is 14.9 Å². The zero-order chi connectivity index (χ0) is 13.5. The molecule has 0 spiro atoms. The Morgan fingerprint density at radius 1 is 1.28 bits per heavy atom. The highest BCUT2D eigenvalue weighted by Gasteiger charge is 2.13. The maximum Gasteiger partial charge on any atom is 0.221 e. The first-order valence-corrected chi connectivity index (χ1v) is 6.07. The predicted octanol–water partition coefficient (Wildman–Crippen LogP) is 1.61. The molecule has 0 aliphatic carbocycles. The summed E-state index contributed by atoms with van der Waals surface area (Å²) < 4.78 is 10.6. The molecule has 0 aliphatic heterocycles. The van der Waals surface area contributed by atoms with E-state index in [1.165, 1.54) is 0 Å². The minimum atomic E-state index is 0.221. The average molecular weight is 254 g/mol. The normalized spacial score (nSPS) is 10.8. The second-order valence-electron chi connectivity index (χ2n) is 4.35. The van der Waals surface area contributed by atoms with Crippen LogP contribution in [-0.4, -0.2) is 30.3 Å². The summed E-state index contributed by atoms with van der Waals surface area (Å²) >= 11 is 0. The van der Waals surface area contributed by atoms with Crippen LogP contribution in [0.1, 0.15) is 37.6 Å². The van der Waals surface area contributed by atoms with E-state index < -0.39 is 0 Å². The van der Waals surface area contributed by atoms with Crippen molar-refractivity contribution >= 4 is 5.82 Å². The average Bonchev–Trinajstić information content (AvgIpc) is 2.36. The lowest BCUT2D eigenvalue weighted by Gasteiger charge is -2.14. The number of nitrogens with zero attached hydrogens (tertiary/aromatic N) is 2. The number of aromatic nitrogens is 2. The molecule has 1 aromatic heterocycles. The van der Waals surface area contributed by atoms with Gasteiger partial charge in [-0.25, -0.2) is 10.8 Å². The van der Waals surface area contributed by atoms with Crippen LogP contribution in [0.25, 0.3) is 0 Å². The van der Waals surface area contributed by atoms with Crippen LogP contribution in [0.2, 0.25) is 0 Å². The Bertz CT molecular complexity index is 383. The van der Waals surface area contributed by atoms with Crippen molar-refractivity contribution in [2.75, 3.05) is 25.7 Å². The maximum absolute atomic E-state index is 5.65. The molecule has 3 N–H and O–H groups in total. The Labute approximate surface area is 108 Å². The number of ether oxygens (including phenoxy) is 2. The molecular formula is C12H22N4O2. The summed E-state index contributed by atoms with van der Waals surface area (Å²) in [4.78, 5) is 8.75. The van der Waals surface area contributed by atoms with Crippen molar-refractivity contribution < 1.29 is 9.47 Å². The van der Waals surface area contributed by atoms with Crippen molar-refractivity contribution in [3.8, 4) is 5.88 Å². The monoisotopic (exact) mass is 254 g/mol. The number of nitrogen functional groups attached to an aromatic ring is 1. The summed E-state index contributed by atoms with van der Waals surface area (Å²) in [5.74, 6) is 7.58. The van der Waals surface area contributed by atoms with E-state index in [-0.39, 0.29) is 5.92 Å². The van der Waals surface area contributed by atoms with Crippen LogP contribution in [0.5, 0.6) is 5.88 Å². The Kier molecular flexibility index (Phi) is 5.80. The molecular weight excluding hydrogens is 232 g/mol. The number of nitrogens with one attached hydrogen (secondary N) is 1. The lowest BCUT2D eigenvalue weighted by molar-refractivity contribution is 0.170. The van der Waals surface area contributed by atoms with Crippen molar-refractivity contribution in [3.05, 3.63) is 11.4 Å². The number of hydrogen-bond donors (Lipinski definition) is 2. The van der Waals surface area contributed by atoms with Crippen molar-refractivity contribution in [3.63, 3.8) is 0 Å². The van der Waals surface area contributed by atoms with Crippen LogP contribution in [0.15, 0.2) is 0 Å². The lowest BCUT2D eigenvalue weighted by atomic mass is 10.2. The molecule has 0 saturated carbocycles. The van der Waals surface area contributed by atoms with Gasteiger partial charge in [-0.15, -0.1) is 0 Å². The third kappa shape index (κ3) is 3.82. The standard InChI is InChI=1S/C12H22N4O2/c1-8(2)10-14-11(16-13)9(3)12(15-10)18-7-5-6-17-4/h8H,5-7,13H2,1-4H3,(H,14,15,16). The van der Waals surface area contributed by atoms with Crippen LogP contribution in [0, 0.1) is 6.92 Å². The highest BCUT2D eigenvalue weighted by atomic mass is 16.5. The van der Waals surface area contributed by atoms with Crippen LogP contribution < -0.4 is 16.0 Å². The number of anilines is 1. The predicted molar refractivity (Wildman–Crippen MR) is 70.7 cm³/mol. The third-order valence-electron chi connectivity index (χ3n) is 2.50. The molecule has 102 valence electrons. The highest BCUT2D eigenvalue weighted by Crippen LogP contribution is 2.24. The van der Waals surface area contributed by atoms with E-state index in [1.807, 2.05) is 20.8 Å². The largest absolute Gasteiger partial charge is 0.477 e. The molecule has 0 radical (unpaired) electrons. The molecule has 1 heterocycles. The second kappa shape index (κ2) is 7.13. The van der Waals surface area contributed by atoms with Gasteiger partial charge >= 0.3 is 0 Å². The quantitative estimate of drug-likeness (QED) is 0.437. The van der Waals surface area contributed by atoms with E-state index in [4.69, 9.17) is 15.3 Å². The fourth-order valence-corrected chi connectivity index (χ4v) is 1.42. The van der Waals surface area contributed by atoms with Crippen molar-refractivity contribution in [1.29, 1.82) is 0 Å². The van der Waals surface area contributed by atoms with Gasteiger partial charge in [0.25, 0.3) is 0 Å². The van der Waals surface area contributed by atoms with Crippen molar-refractivity contribution in [2.24, 2.45) is 5.84 Å². The molecule has 0 aliphatic rings. The SMILES string of the molecule is COCCCOc1nc(C(C)C)nc(NN)c1C. The van der Waals surface area contributed by atoms with Crippen LogP contribution in [0.4, 0.5) is 5.82 Å². The molecule has 0 unspecified atom stereocenters. The fourth-order valence-electron chi connectivity index (χ4n) is 1.42. The van der Waals surface area contributed by atoms with E-state index in [1.54, 1.807) is 7.11 Å². The van der Waals surface area contributed by atoms with Gasteiger partial charge in [0.1, 0.15) is 11.6 Å². The van der Waals surface area contributed by atoms with E-state index in [2.05, 4.69) is 15.4 Å². The summed E-state index contributed by atoms with van der Waals surface area (Å²) in [5, 5.41) is 0. The van der Waals surface area contributed by atoms with Crippen LogP contribution in [-0.2, 0) is 4.74 Å². The molecule has 1 aromatic rings. The minimum Gasteiger partial charge on any atom is -0.477 e. The maximum atomic E-state index is 5.65. The molecule has 0 amide bonds. The number of hydrazine groups is 1. The first-order chi connectivity index (χ1) is 8.60. The molecule has 6 heteroatoms. The minimum absolute atomic E-state index is 0.221. The van der Waals surface area contributed by atoms with E-state index in [9.17, 15) is 0 Å². The van der Waals surface area contributed by atoms with Gasteiger partial charge in [0.15, 0.2) is 0 Å². The first-order valence-electron chi connectivity index (χ1n) is 6.07. The summed E-state index contributed by atoms with van der Waals surface area (Å²) in [6, 6.07) is 0. The molecule has 0 saturated heterocycles. The van der Waals surface area contributed by atoms with Gasteiger partial charge in [-0.2, -0.15) is 4.98 Å². The second-order valence-corrected chi connectivity index (χ2v) is 4.35. The zero-order valence-electron chi connectivity index (χ0n) is 11.5. The summed E-state index contributed by atoms with van der Waals surface area (Å²) in [6.45, 7) is 7.17. The highest BCUT2D eigenvalue weighted by molar-refractivity contribution is 5.47. The molecule has 0 bridgehead atoms. The number of nitrogens with two attached hydrogens (primary N) is 1. The van der Waals surface area contributed by atoms with E-state index in [0.29, 0.717) is 24.9 Å². The fraction of sp³-hybridized carbons (Fsp3) is 0.667. The van der Waals surface area contributed by atoms with Crippen molar-refractivity contribution in [1.82, 2.24) is 9.97 Å². The van der Waals surface area contributed by atoms with Gasteiger partial charge in [0.2, 0.25) is 5.88 Å². The Morgan fingerprint density at radius 3 is 2.56 bits per heavy atom. The zero-order valence-corrected chi connectivity index (χ0v) is 11.5. The van der Waals surface area contributed by atoms with Gasteiger partial charge in [-0.3, -0.25) is 0 Å². The molecule has 0 fully saturated rings. The molecule has 6 nitrogen and oxygen atoms in total. The topological polar surface area (TPSA) is 82.3 Å². The summed E-state index contributed by atoms with van der Waals surface area (Å²) in [7, 11) is 1.67. The third-order valence-corrected chi connectivity index (χ3v) is 2.50. The van der Waals surface area contributed by atoms with Gasteiger partial charge in [-0.1, -0.05) is 13.8 Å². The number of rotatable bonds is 7. The van der Waals surface area contributed by atoms with Crippen molar-refractivity contribution in [2.45, 2.75) is 33.1 Å². The van der Waals surface area contributed by atoms with Crippen LogP contribution in [0.3, 0.4) is 0 Å².